The summed E-state index contributed by atoms with van der Waals surface area (Å²) in [4.78, 5) is 6.52. The number of nitrogens with one attached hydrogen (secondary N) is 1. The molecule has 228 valence electrons. The van der Waals surface area contributed by atoms with E-state index in [1.54, 1.807) is 0 Å². The standard InChI is InChI=1S/C31H62N2O4Si2/c1-9-24-35-39(36-25-10-2,37-26-11-3)28-17-18-30(12-4)33(23-27-34-13-5)31-21-19-29(20-22-31)32-38(14-6,15-7)16-8/h19-22,30,32H,9-18,23-28H2,1-8H3. The van der Waals surface area contributed by atoms with Gasteiger partial charge >= 0.3 is 8.80 Å². The monoisotopic (exact) mass is 582 g/mol. The second-order valence-corrected chi connectivity index (χ2v) is 18.2. The molecule has 1 rings (SSSR count). The lowest BCUT2D eigenvalue weighted by atomic mass is 10.1. The number of hydrogen-bond acceptors (Lipinski definition) is 6. The smallest absolute Gasteiger partial charge is 0.410 e. The first-order valence-electron chi connectivity index (χ1n) is 16.1. The predicted molar refractivity (Wildman–Crippen MR) is 174 cm³/mol. The summed E-state index contributed by atoms with van der Waals surface area (Å²) < 4.78 is 24.9. The molecule has 0 saturated carbocycles. The van der Waals surface area contributed by atoms with Crippen molar-refractivity contribution in [1.29, 1.82) is 0 Å². The van der Waals surface area contributed by atoms with Gasteiger partial charge in [-0.05, 0) is 87.8 Å². The SMILES string of the molecule is CCCO[Si](CCCC(CC)N(CCOCC)c1ccc(N[Si](CC)(CC)CC)cc1)(OCCC)OCCC. The van der Waals surface area contributed by atoms with E-state index in [1.165, 1.54) is 29.5 Å². The molecule has 0 spiro atoms. The minimum absolute atomic E-state index is 0.426. The fourth-order valence-electron chi connectivity index (χ4n) is 5.14. The van der Waals surface area contributed by atoms with Gasteiger partial charge in [-0.1, -0.05) is 48.5 Å². The van der Waals surface area contributed by atoms with Gasteiger partial charge in [0, 0.05) is 56.4 Å². The summed E-state index contributed by atoms with van der Waals surface area (Å²) in [5.41, 5.74) is 2.54. The summed E-state index contributed by atoms with van der Waals surface area (Å²) in [7, 11) is -4.11. The van der Waals surface area contributed by atoms with E-state index in [2.05, 4.69) is 89.5 Å². The largest absolute Gasteiger partial charge is 0.500 e. The van der Waals surface area contributed by atoms with E-state index in [4.69, 9.17) is 18.0 Å². The Kier molecular flexibility index (Phi) is 19.3. The second kappa shape index (κ2) is 20.9. The zero-order valence-electron chi connectivity index (χ0n) is 26.8. The van der Waals surface area contributed by atoms with Crippen LogP contribution in [0, 0.1) is 0 Å². The average Bonchev–Trinajstić information content (AvgIpc) is 2.98. The van der Waals surface area contributed by atoms with Crippen molar-refractivity contribution >= 4 is 28.4 Å². The topological polar surface area (TPSA) is 52.2 Å². The lowest BCUT2D eigenvalue weighted by Gasteiger charge is -2.35. The first-order chi connectivity index (χ1) is 18.9. The van der Waals surface area contributed by atoms with Crippen LogP contribution in [0.4, 0.5) is 11.4 Å². The first kappa shape index (κ1) is 36.1. The summed E-state index contributed by atoms with van der Waals surface area (Å²) in [5.74, 6) is 0. The minimum atomic E-state index is -2.67. The Morgan fingerprint density at radius 2 is 1.28 bits per heavy atom. The van der Waals surface area contributed by atoms with Crippen molar-refractivity contribution in [2.75, 3.05) is 49.5 Å². The minimum Gasteiger partial charge on any atom is -0.410 e. The molecule has 0 aliphatic carbocycles. The lowest BCUT2D eigenvalue weighted by molar-refractivity contribution is 0.0585. The highest BCUT2D eigenvalue weighted by molar-refractivity contribution is 6.82. The molecule has 0 heterocycles. The molecule has 1 N–H and O–H groups in total. The van der Waals surface area contributed by atoms with Gasteiger partial charge < -0.3 is 27.9 Å². The van der Waals surface area contributed by atoms with Gasteiger partial charge in [-0.15, -0.1) is 0 Å². The van der Waals surface area contributed by atoms with Crippen molar-refractivity contribution in [2.24, 2.45) is 0 Å². The van der Waals surface area contributed by atoms with Crippen LogP contribution in [0.3, 0.4) is 0 Å². The molecule has 1 unspecified atom stereocenters. The Labute approximate surface area is 244 Å². The van der Waals surface area contributed by atoms with E-state index in [1.807, 2.05) is 0 Å². The van der Waals surface area contributed by atoms with Crippen LogP contribution in [0.1, 0.15) is 93.9 Å². The highest BCUT2D eigenvalue weighted by atomic mass is 28.4. The van der Waals surface area contributed by atoms with Crippen LogP contribution in [0.25, 0.3) is 0 Å². The number of rotatable bonds is 25. The average molecular weight is 583 g/mol. The third-order valence-electron chi connectivity index (χ3n) is 7.83. The molecule has 1 aromatic rings. The van der Waals surface area contributed by atoms with E-state index < -0.39 is 17.0 Å². The van der Waals surface area contributed by atoms with Gasteiger partial charge in [0.25, 0.3) is 0 Å². The van der Waals surface area contributed by atoms with Crippen LogP contribution in [0.2, 0.25) is 24.2 Å². The Bertz CT molecular complexity index is 689. The number of hydrogen-bond donors (Lipinski definition) is 1. The molecule has 0 radical (unpaired) electrons. The Balaban J connectivity index is 3.05. The maximum absolute atomic E-state index is 6.36. The molecule has 1 aromatic carbocycles. The van der Waals surface area contributed by atoms with Gasteiger partial charge in [-0.25, -0.2) is 0 Å². The highest BCUT2D eigenvalue weighted by Crippen LogP contribution is 2.29. The van der Waals surface area contributed by atoms with E-state index in [0.717, 1.165) is 64.3 Å². The summed E-state index contributed by atoms with van der Waals surface area (Å²) in [6.45, 7) is 22.3. The summed E-state index contributed by atoms with van der Waals surface area (Å²) in [6.07, 6.45) is 6.13. The Hall–Kier alpha value is -0.906. The molecule has 0 aliphatic rings. The molecule has 0 saturated heterocycles. The normalized spacial score (nSPS) is 13.0. The zero-order chi connectivity index (χ0) is 29.0. The van der Waals surface area contributed by atoms with Gasteiger partial charge in [0.05, 0.1) is 6.61 Å². The van der Waals surface area contributed by atoms with Crippen molar-refractivity contribution in [1.82, 2.24) is 0 Å². The highest BCUT2D eigenvalue weighted by Gasteiger charge is 2.40. The third kappa shape index (κ3) is 12.7. The fourth-order valence-corrected chi connectivity index (χ4v) is 10.8. The first-order valence-corrected chi connectivity index (χ1v) is 20.6. The second-order valence-electron chi connectivity index (χ2n) is 10.6. The molecule has 0 fully saturated rings. The molecular formula is C31H62N2O4Si2. The predicted octanol–water partition coefficient (Wildman–Crippen LogP) is 8.72. The van der Waals surface area contributed by atoms with Crippen LogP contribution < -0.4 is 9.88 Å². The molecular weight excluding hydrogens is 521 g/mol. The number of benzene rings is 1. The Morgan fingerprint density at radius 3 is 1.72 bits per heavy atom. The quantitative estimate of drug-likeness (QED) is 0.0919. The molecule has 0 aliphatic heterocycles. The summed E-state index contributed by atoms with van der Waals surface area (Å²) >= 11 is 0. The molecule has 1 atom stereocenters. The van der Waals surface area contributed by atoms with Gasteiger partial charge in [0.15, 0.2) is 8.24 Å². The van der Waals surface area contributed by atoms with E-state index in [0.29, 0.717) is 25.9 Å². The summed E-state index contributed by atoms with van der Waals surface area (Å²) in [6, 6.07) is 14.3. The Morgan fingerprint density at radius 1 is 0.744 bits per heavy atom. The van der Waals surface area contributed by atoms with E-state index in [-0.39, 0.29) is 0 Å². The van der Waals surface area contributed by atoms with Gasteiger partial charge in [-0.3, -0.25) is 0 Å². The molecule has 0 bridgehead atoms. The molecule has 0 aromatic heterocycles. The maximum atomic E-state index is 6.36. The van der Waals surface area contributed by atoms with Gasteiger partial charge in [0.2, 0.25) is 0 Å². The molecule has 8 heteroatoms. The van der Waals surface area contributed by atoms with Crippen molar-refractivity contribution < 1.29 is 18.0 Å². The zero-order valence-corrected chi connectivity index (χ0v) is 28.8. The summed E-state index contributed by atoms with van der Waals surface area (Å²) in [5, 5.41) is 0. The molecule has 39 heavy (non-hydrogen) atoms. The van der Waals surface area contributed by atoms with Crippen LogP contribution in [-0.4, -0.2) is 62.7 Å². The molecule has 6 nitrogen and oxygen atoms in total. The van der Waals surface area contributed by atoms with Crippen LogP contribution in [0.5, 0.6) is 0 Å². The van der Waals surface area contributed by atoms with E-state index in [9.17, 15) is 0 Å². The van der Waals surface area contributed by atoms with Crippen molar-refractivity contribution in [2.45, 2.75) is 124 Å². The van der Waals surface area contributed by atoms with Crippen molar-refractivity contribution in [3.8, 4) is 0 Å². The van der Waals surface area contributed by atoms with Crippen LogP contribution >= 0.6 is 0 Å². The number of ether oxygens (including phenoxy) is 1. The van der Waals surface area contributed by atoms with Gasteiger partial charge in [-0.2, -0.15) is 0 Å². The van der Waals surface area contributed by atoms with Gasteiger partial charge in [0.1, 0.15) is 0 Å². The van der Waals surface area contributed by atoms with Crippen LogP contribution in [-0.2, 0) is 18.0 Å². The third-order valence-corrected chi connectivity index (χ3v) is 15.6. The maximum Gasteiger partial charge on any atom is 0.500 e. The van der Waals surface area contributed by atoms with E-state index >= 15 is 0 Å². The fraction of sp³-hybridized carbons (Fsp3) is 0.806. The lowest BCUT2D eigenvalue weighted by Crippen LogP contribution is -2.47. The van der Waals surface area contributed by atoms with Crippen molar-refractivity contribution in [3.63, 3.8) is 0 Å². The number of nitrogens with zero attached hydrogens (tertiary/aromatic N) is 1. The molecule has 0 amide bonds. The number of anilines is 2. The van der Waals surface area contributed by atoms with Crippen LogP contribution in [0.15, 0.2) is 24.3 Å². The van der Waals surface area contributed by atoms with Crippen molar-refractivity contribution in [3.05, 3.63) is 24.3 Å².